The molecule has 1 aliphatic heterocycles. The number of carbonyl (C=O) groups excluding carboxylic acids is 1. The molecule has 0 saturated carbocycles. The summed E-state index contributed by atoms with van der Waals surface area (Å²) in [5, 5.41) is 5.61. The van der Waals surface area contributed by atoms with Gasteiger partial charge in [-0.15, -0.1) is 0 Å². The van der Waals surface area contributed by atoms with Gasteiger partial charge in [-0.1, -0.05) is 35.9 Å². The molecule has 6 nitrogen and oxygen atoms in total. The molecule has 0 unspecified atom stereocenters. The van der Waals surface area contributed by atoms with Crippen molar-refractivity contribution < 1.29 is 9.18 Å². The molecule has 8 heteroatoms. The average molecular weight is 478 g/mol. The summed E-state index contributed by atoms with van der Waals surface area (Å²) < 4.78 is 15.2. The van der Waals surface area contributed by atoms with Gasteiger partial charge in [0, 0.05) is 61.4 Å². The number of aromatic nitrogens is 3. The molecule has 5 rings (SSSR count). The van der Waals surface area contributed by atoms with E-state index in [1.165, 1.54) is 12.1 Å². The molecular formula is C26H25ClFN5O. The quantitative estimate of drug-likeness (QED) is 0.428. The monoisotopic (exact) mass is 477 g/mol. The van der Waals surface area contributed by atoms with Crippen LogP contribution in [0.1, 0.15) is 21.6 Å². The molecule has 4 aromatic rings. The van der Waals surface area contributed by atoms with Gasteiger partial charge in [-0.3, -0.25) is 14.4 Å². The van der Waals surface area contributed by atoms with E-state index in [4.69, 9.17) is 16.6 Å². The number of carbonyl (C=O) groups is 1. The minimum absolute atomic E-state index is 0.000794. The average Bonchev–Trinajstić information content (AvgIpc) is 3.18. The van der Waals surface area contributed by atoms with Crippen LogP contribution < -0.4 is 0 Å². The molecule has 0 radical (unpaired) electrons. The number of aryl methyl sites for hydroxylation is 1. The summed E-state index contributed by atoms with van der Waals surface area (Å²) in [4.78, 5) is 22.6. The first-order chi connectivity index (χ1) is 16.4. The highest BCUT2D eigenvalue weighted by molar-refractivity contribution is 6.31. The number of halogens is 2. The van der Waals surface area contributed by atoms with E-state index in [1.54, 1.807) is 16.9 Å². The summed E-state index contributed by atoms with van der Waals surface area (Å²) in [5.74, 6) is -0.338. The lowest BCUT2D eigenvalue weighted by atomic mass is 10.0. The Balaban J connectivity index is 1.38. The van der Waals surface area contributed by atoms with Crippen LogP contribution >= 0.6 is 11.6 Å². The van der Waals surface area contributed by atoms with Gasteiger partial charge in [0.15, 0.2) is 0 Å². The molecule has 0 spiro atoms. The highest BCUT2D eigenvalue weighted by Gasteiger charge is 2.25. The molecule has 174 valence electrons. The van der Waals surface area contributed by atoms with Crippen molar-refractivity contribution in [3.63, 3.8) is 0 Å². The molecule has 1 amide bonds. The summed E-state index contributed by atoms with van der Waals surface area (Å²) in [6, 6.07) is 14.1. The minimum Gasteiger partial charge on any atom is -0.336 e. The van der Waals surface area contributed by atoms with Crippen LogP contribution in [0.2, 0.25) is 5.02 Å². The Bertz CT molecular complexity index is 1380. The summed E-state index contributed by atoms with van der Waals surface area (Å²) in [7, 11) is 1.89. The van der Waals surface area contributed by atoms with Gasteiger partial charge in [0.2, 0.25) is 0 Å². The Hall–Kier alpha value is -3.29. The Morgan fingerprint density at radius 1 is 1.09 bits per heavy atom. The van der Waals surface area contributed by atoms with Crippen molar-refractivity contribution in [1.82, 2.24) is 24.6 Å². The minimum atomic E-state index is -0.338. The molecule has 1 fully saturated rings. The van der Waals surface area contributed by atoms with Crippen LogP contribution in [-0.4, -0.2) is 56.7 Å². The second-order valence-corrected chi connectivity index (χ2v) is 9.05. The van der Waals surface area contributed by atoms with E-state index in [2.05, 4.69) is 10.00 Å². The first-order valence-electron chi connectivity index (χ1n) is 11.2. The van der Waals surface area contributed by atoms with E-state index in [1.807, 2.05) is 49.2 Å². The van der Waals surface area contributed by atoms with Crippen LogP contribution in [0, 0.1) is 12.7 Å². The third-order valence-electron chi connectivity index (χ3n) is 6.53. The molecule has 0 aliphatic carbocycles. The standard InChI is InChI=1S/C26H25ClFN5O/c1-17-22(15-29-31(17)2)25-14-21(20-5-3-4-6-24(20)30-25)26(34)33-11-9-32(10-12-33)16-18-7-8-19(28)13-23(18)27/h3-8,13-15H,9-12,16H2,1-2H3. The maximum atomic E-state index is 13.6. The fourth-order valence-electron chi connectivity index (χ4n) is 4.41. The van der Waals surface area contributed by atoms with Gasteiger partial charge in [0.25, 0.3) is 5.91 Å². The molecule has 1 saturated heterocycles. The van der Waals surface area contributed by atoms with Crippen molar-refractivity contribution in [3.05, 3.63) is 82.4 Å². The second-order valence-electron chi connectivity index (χ2n) is 8.64. The van der Waals surface area contributed by atoms with Crippen molar-refractivity contribution in [3.8, 4) is 11.3 Å². The van der Waals surface area contributed by atoms with Crippen LogP contribution in [-0.2, 0) is 13.6 Å². The number of fused-ring (bicyclic) bond motifs is 1. The largest absolute Gasteiger partial charge is 0.336 e. The van der Waals surface area contributed by atoms with Crippen molar-refractivity contribution in [2.24, 2.45) is 7.05 Å². The molecule has 0 atom stereocenters. The zero-order valence-electron chi connectivity index (χ0n) is 19.1. The van der Waals surface area contributed by atoms with Crippen LogP contribution in [0.15, 0.2) is 54.7 Å². The van der Waals surface area contributed by atoms with Gasteiger partial charge in [0.05, 0.1) is 23.0 Å². The molecule has 1 aliphatic rings. The van der Waals surface area contributed by atoms with Crippen molar-refractivity contribution >= 4 is 28.4 Å². The summed E-state index contributed by atoms with van der Waals surface area (Å²) in [6.45, 7) is 5.27. The van der Waals surface area contributed by atoms with E-state index < -0.39 is 0 Å². The summed E-state index contributed by atoms with van der Waals surface area (Å²) in [6.07, 6.45) is 1.79. The third kappa shape index (κ3) is 4.29. The first-order valence-corrected chi connectivity index (χ1v) is 11.6. The van der Waals surface area contributed by atoms with Gasteiger partial charge in [-0.2, -0.15) is 5.10 Å². The summed E-state index contributed by atoms with van der Waals surface area (Å²) in [5.41, 5.74) is 4.99. The SMILES string of the molecule is Cc1c(-c2cc(C(=O)N3CCN(Cc4ccc(F)cc4Cl)CC3)c3ccccc3n2)cnn1C. The van der Waals surface area contributed by atoms with Crippen LogP contribution in [0.25, 0.3) is 22.2 Å². The van der Waals surface area contributed by atoms with Gasteiger partial charge in [-0.05, 0) is 36.8 Å². The lowest BCUT2D eigenvalue weighted by molar-refractivity contribution is 0.0630. The highest BCUT2D eigenvalue weighted by atomic mass is 35.5. The number of para-hydroxylation sites is 1. The molecule has 3 heterocycles. The zero-order chi connectivity index (χ0) is 23.8. The molecule has 0 N–H and O–H groups in total. The van der Waals surface area contributed by atoms with Gasteiger partial charge in [0.1, 0.15) is 5.82 Å². The van der Waals surface area contributed by atoms with E-state index in [0.717, 1.165) is 46.5 Å². The van der Waals surface area contributed by atoms with Gasteiger partial charge < -0.3 is 4.90 Å². The lowest BCUT2D eigenvalue weighted by Gasteiger charge is -2.35. The Labute approximate surface area is 202 Å². The topological polar surface area (TPSA) is 54.3 Å². The fourth-order valence-corrected chi connectivity index (χ4v) is 4.64. The second kappa shape index (κ2) is 9.16. The van der Waals surface area contributed by atoms with Gasteiger partial charge >= 0.3 is 0 Å². The number of pyridine rings is 1. The molecular weight excluding hydrogens is 453 g/mol. The Kier molecular flexibility index (Phi) is 6.06. The maximum absolute atomic E-state index is 13.6. The smallest absolute Gasteiger partial charge is 0.254 e. The van der Waals surface area contributed by atoms with E-state index in [0.29, 0.717) is 30.2 Å². The number of nitrogens with zero attached hydrogens (tertiary/aromatic N) is 5. The predicted molar refractivity (Wildman–Crippen MR) is 131 cm³/mol. The lowest BCUT2D eigenvalue weighted by Crippen LogP contribution is -2.48. The van der Waals surface area contributed by atoms with Crippen molar-refractivity contribution in [1.29, 1.82) is 0 Å². The van der Waals surface area contributed by atoms with Crippen LogP contribution in [0.5, 0.6) is 0 Å². The van der Waals surface area contributed by atoms with E-state index in [9.17, 15) is 9.18 Å². The number of benzene rings is 2. The number of hydrogen-bond acceptors (Lipinski definition) is 4. The predicted octanol–water partition coefficient (Wildman–Crippen LogP) is 4.69. The summed E-state index contributed by atoms with van der Waals surface area (Å²) >= 11 is 6.20. The normalized spacial score (nSPS) is 14.6. The zero-order valence-corrected chi connectivity index (χ0v) is 19.9. The van der Waals surface area contributed by atoms with E-state index in [-0.39, 0.29) is 11.7 Å². The highest BCUT2D eigenvalue weighted by Crippen LogP contribution is 2.28. The third-order valence-corrected chi connectivity index (χ3v) is 6.88. The molecule has 2 aromatic carbocycles. The first kappa shape index (κ1) is 22.5. The van der Waals surface area contributed by atoms with Gasteiger partial charge in [-0.25, -0.2) is 9.37 Å². The Morgan fingerprint density at radius 2 is 1.85 bits per heavy atom. The Morgan fingerprint density at radius 3 is 2.56 bits per heavy atom. The number of hydrogen-bond donors (Lipinski definition) is 0. The molecule has 0 bridgehead atoms. The molecule has 2 aromatic heterocycles. The van der Waals surface area contributed by atoms with E-state index >= 15 is 0 Å². The van der Waals surface area contributed by atoms with Crippen molar-refractivity contribution in [2.45, 2.75) is 13.5 Å². The van der Waals surface area contributed by atoms with Crippen LogP contribution in [0.4, 0.5) is 4.39 Å². The maximum Gasteiger partial charge on any atom is 0.254 e. The number of rotatable bonds is 4. The number of piperazine rings is 1. The fraction of sp³-hybridized carbons (Fsp3) is 0.269. The molecule has 34 heavy (non-hydrogen) atoms. The number of amides is 1. The van der Waals surface area contributed by atoms with Crippen molar-refractivity contribution in [2.75, 3.05) is 26.2 Å². The van der Waals surface area contributed by atoms with Crippen LogP contribution in [0.3, 0.4) is 0 Å².